The van der Waals surface area contributed by atoms with E-state index in [0.29, 0.717) is 4.47 Å². The minimum Gasteiger partial charge on any atom is -0.480 e. The molecule has 0 aliphatic carbocycles. The SMILES string of the molecule is COC(=O)CC[C@@H](NS(=O)(=O)c1cncc(Br)c1)C(=O)O. The van der Waals surface area contributed by atoms with Gasteiger partial charge in [-0.3, -0.25) is 14.6 Å². The van der Waals surface area contributed by atoms with E-state index >= 15 is 0 Å². The maximum absolute atomic E-state index is 12.1. The van der Waals surface area contributed by atoms with Crippen LogP contribution in [0.4, 0.5) is 0 Å². The molecule has 1 atom stereocenters. The van der Waals surface area contributed by atoms with E-state index in [1.165, 1.54) is 12.3 Å². The van der Waals surface area contributed by atoms with Gasteiger partial charge < -0.3 is 9.84 Å². The van der Waals surface area contributed by atoms with E-state index in [2.05, 4.69) is 25.7 Å². The average molecular weight is 381 g/mol. The summed E-state index contributed by atoms with van der Waals surface area (Å²) < 4.78 is 31.0. The van der Waals surface area contributed by atoms with Gasteiger partial charge in [0.25, 0.3) is 0 Å². The molecule has 1 aromatic rings. The highest BCUT2D eigenvalue weighted by Crippen LogP contribution is 2.15. The number of pyridine rings is 1. The number of carboxylic acids is 1. The number of carbonyl (C=O) groups is 2. The van der Waals surface area contributed by atoms with E-state index in [9.17, 15) is 18.0 Å². The van der Waals surface area contributed by atoms with Gasteiger partial charge >= 0.3 is 11.9 Å². The number of methoxy groups -OCH3 is 1. The van der Waals surface area contributed by atoms with Gasteiger partial charge in [0.1, 0.15) is 10.9 Å². The standard InChI is InChI=1S/C11H13BrN2O6S/c1-20-10(15)3-2-9(11(16)17)14-21(18,19)8-4-7(12)5-13-6-8/h4-6,9,14H,2-3H2,1H3,(H,16,17)/t9-/m1/s1. The number of hydrogen-bond acceptors (Lipinski definition) is 6. The quantitative estimate of drug-likeness (QED) is 0.661. The number of sulfonamides is 1. The summed E-state index contributed by atoms with van der Waals surface area (Å²) in [5, 5.41) is 9.02. The number of nitrogens with zero attached hydrogens (tertiary/aromatic N) is 1. The zero-order chi connectivity index (χ0) is 16.0. The Morgan fingerprint density at radius 2 is 2.14 bits per heavy atom. The van der Waals surface area contributed by atoms with Gasteiger partial charge in [-0.2, -0.15) is 4.72 Å². The van der Waals surface area contributed by atoms with Crippen LogP contribution in [0, 0.1) is 0 Å². The Labute approximate surface area is 129 Å². The number of halogens is 1. The van der Waals surface area contributed by atoms with Crippen LogP contribution in [0.2, 0.25) is 0 Å². The van der Waals surface area contributed by atoms with E-state index in [4.69, 9.17) is 5.11 Å². The third-order valence-corrected chi connectivity index (χ3v) is 4.32. The van der Waals surface area contributed by atoms with Crippen molar-refractivity contribution >= 4 is 37.9 Å². The molecule has 0 bridgehead atoms. The van der Waals surface area contributed by atoms with Gasteiger partial charge in [0.05, 0.1) is 7.11 Å². The van der Waals surface area contributed by atoms with Crippen molar-refractivity contribution in [1.82, 2.24) is 9.71 Å². The lowest BCUT2D eigenvalue weighted by Gasteiger charge is -2.14. The van der Waals surface area contributed by atoms with Crippen LogP contribution in [-0.4, -0.2) is 43.6 Å². The second-order valence-corrected chi connectivity index (χ2v) is 6.60. The first-order valence-corrected chi connectivity index (χ1v) is 7.96. The number of rotatable bonds is 7. The third kappa shape index (κ3) is 5.40. The molecule has 0 spiro atoms. The van der Waals surface area contributed by atoms with Gasteiger partial charge in [0.2, 0.25) is 10.0 Å². The van der Waals surface area contributed by atoms with Gasteiger partial charge in [-0.1, -0.05) is 0 Å². The van der Waals surface area contributed by atoms with Crippen molar-refractivity contribution in [3.8, 4) is 0 Å². The number of esters is 1. The van der Waals surface area contributed by atoms with E-state index in [-0.39, 0.29) is 17.7 Å². The summed E-state index contributed by atoms with van der Waals surface area (Å²) in [4.78, 5) is 25.6. The zero-order valence-corrected chi connectivity index (χ0v) is 13.3. The second kappa shape index (κ2) is 7.48. The van der Waals surface area contributed by atoms with Crippen LogP contribution in [0.1, 0.15) is 12.8 Å². The van der Waals surface area contributed by atoms with Gasteiger partial charge in [0, 0.05) is 23.3 Å². The van der Waals surface area contributed by atoms with E-state index in [1.807, 2.05) is 4.72 Å². The number of aliphatic carboxylic acids is 1. The summed E-state index contributed by atoms with van der Waals surface area (Å²) in [7, 11) is -2.89. The first kappa shape index (κ1) is 17.5. The topological polar surface area (TPSA) is 123 Å². The molecule has 1 heterocycles. The van der Waals surface area contributed by atoms with Crippen molar-refractivity contribution in [2.75, 3.05) is 7.11 Å². The van der Waals surface area contributed by atoms with Gasteiger partial charge in [0.15, 0.2) is 0 Å². The monoisotopic (exact) mass is 380 g/mol. The lowest BCUT2D eigenvalue weighted by atomic mass is 10.2. The smallest absolute Gasteiger partial charge is 0.321 e. The Kier molecular flexibility index (Phi) is 6.24. The Balaban J connectivity index is 2.87. The maximum atomic E-state index is 12.1. The highest BCUT2D eigenvalue weighted by Gasteiger charge is 2.26. The number of ether oxygens (including phenoxy) is 1. The van der Waals surface area contributed by atoms with Crippen LogP contribution < -0.4 is 4.72 Å². The van der Waals surface area contributed by atoms with E-state index in [1.54, 1.807) is 0 Å². The summed E-state index contributed by atoms with van der Waals surface area (Å²) in [6.45, 7) is 0. The van der Waals surface area contributed by atoms with Crippen LogP contribution in [-0.2, 0) is 24.3 Å². The minimum absolute atomic E-state index is 0.179. The molecule has 0 saturated carbocycles. The largest absolute Gasteiger partial charge is 0.480 e. The molecule has 116 valence electrons. The lowest BCUT2D eigenvalue weighted by Crippen LogP contribution is -2.41. The number of hydrogen-bond donors (Lipinski definition) is 2. The molecule has 1 rings (SSSR count). The molecular weight excluding hydrogens is 368 g/mol. The normalized spacial score (nSPS) is 12.7. The summed E-state index contributed by atoms with van der Waals surface area (Å²) >= 11 is 3.08. The zero-order valence-electron chi connectivity index (χ0n) is 10.9. The van der Waals surface area contributed by atoms with Crippen molar-refractivity contribution in [2.45, 2.75) is 23.8 Å². The summed E-state index contributed by atoms with van der Waals surface area (Å²) in [6.07, 6.45) is 2.05. The maximum Gasteiger partial charge on any atom is 0.321 e. The summed E-state index contributed by atoms with van der Waals surface area (Å²) in [5.74, 6) is -2.00. The van der Waals surface area contributed by atoms with Crippen molar-refractivity contribution in [3.63, 3.8) is 0 Å². The first-order valence-electron chi connectivity index (χ1n) is 5.69. The highest BCUT2D eigenvalue weighted by molar-refractivity contribution is 9.10. The van der Waals surface area contributed by atoms with E-state index in [0.717, 1.165) is 13.3 Å². The van der Waals surface area contributed by atoms with Gasteiger partial charge in [-0.25, -0.2) is 8.42 Å². The number of carbonyl (C=O) groups excluding carboxylic acids is 1. The molecular formula is C11H13BrN2O6S. The van der Waals surface area contributed by atoms with Crippen LogP contribution in [0.3, 0.4) is 0 Å². The number of carboxylic acid groups (broad SMARTS) is 1. The first-order chi connectivity index (χ1) is 9.76. The number of nitrogens with one attached hydrogen (secondary N) is 1. The highest BCUT2D eigenvalue weighted by atomic mass is 79.9. The van der Waals surface area contributed by atoms with Crippen LogP contribution >= 0.6 is 15.9 Å². The van der Waals surface area contributed by atoms with Gasteiger partial charge in [-0.15, -0.1) is 0 Å². The molecule has 0 aromatic carbocycles. The molecule has 0 unspecified atom stereocenters. The predicted octanol–water partition coefficient (Wildman–Crippen LogP) is 0.529. The summed E-state index contributed by atoms with van der Waals surface area (Å²) in [5.41, 5.74) is 0. The summed E-state index contributed by atoms with van der Waals surface area (Å²) in [6, 6.07) is -0.151. The Morgan fingerprint density at radius 1 is 1.48 bits per heavy atom. The molecule has 10 heteroatoms. The Morgan fingerprint density at radius 3 is 2.67 bits per heavy atom. The fourth-order valence-corrected chi connectivity index (χ4v) is 3.12. The molecule has 0 fully saturated rings. The molecule has 0 saturated heterocycles. The molecule has 2 N–H and O–H groups in total. The molecule has 0 aliphatic rings. The molecule has 0 aliphatic heterocycles. The van der Waals surface area contributed by atoms with Crippen molar-refractivity contribution in [2.24, 2.45) is 0 Å². The predicted molar refractivity (Wildman–Crippen MR) is 74.9 cm³/mol. The third-order valence-electron chi connectivity index (χ3n) is 2.45. The van der Waals surface area contributed by atoms with Crippen molar-refractivity contribution < 1.29 is 27.9 Å². The van der Waals surface area contributed by atoms with Crippen molar-refractivity contribution in [3.05, 3.63) is 22.9 Å². The molecule has 8 nitrogen and oxygen atoms in total. The molecule has 0 radical (unpaired) electrons. The average Bonchev–Trinajstić information content (AvgIpc) is 2.42. The van der Waals surface area contributed by atoms with Crippen LogP contribution in [0.5, 0.6) is 0 Å². The second-order valence-electron chi connectivity index (χ2n) is 3.97. The fourth-order valence-electron chi connectivity index (χ4n) is 1.39. The van der Waals surface area contributed by atoms with Gasteiger partial charge in [-0.05, 0) is 28.4 Å². The Bertz CT molecular complexity index is 633. The lowest BCUT2D eigenvalue weighted by molar-refractivity contribution is -0.142. The fraction of sp³-hybridized carbons (Fsp3) is 0.364. The molecule has 21 heavy (non-hydrogen) atoms. The molecule has 1 aromatic heterocycles. The van der Waals surface area contributed by atoms with Crippen molar-refractivity contribution in [1.29, 1.82) is 0 Å². The van der Waals surface area contributed by atoms with Crippen LogP contribution in [0.15, 0.2) is 27.8 Å². The molecule has 0 amide bonds. The number of aromatic nitrogens is 1. The van der Waals surface area contributed by atoms with E-state index < -0.39 is 28.0 Å². The van der Waals surface area contributed by atoms with Crippen LogP contribution in [0.25, 0.3) is 0 Å². The minimum atomic E-state index is -4.06. The Hall–Kier alpha value is -1.52.